The Morgan fingerprint density at radius 3 is 2.50 bits per heavy atom. The van der Waals surface area contributed by atoms with Crippen LogP contribution in [0.5, 0.6) is 11.7 Å². The number of carbonyl (C=O) groups is 1. The molecule has 0 spiro atoms. The predicted molar refractivity (Wildman–Crippen MR) is 81.6 cm³/mol. The Kier molecular flexibility index (Phi) is 4.32. The van der Waals surface area contributed by atoms with Gasteiger partial charge in [0.05, 0.1) is 11.4 Å². The number of nitrogens with zero attached hydrogens (tertiary/aromatic N) is 1. The summed E-state index contributed by atoms with van der Waals surface area (Å²) in [7, 11) is 0. The average Bonchev–Trinajstić information content (AvgIpc) is 2.37. The van der Waals surface area contributed by atoms with Gasteiger partial charge >= 0.3 is 5.63 Å². The average molecular weight is 322 g/mol. The summed E-state index contributed by atoms with van der Waals surface area (Å²) in [5.74, 6) is -2.23. The standard InChI is InChI=1S/C15H12ClNO5/c1-7(17-10-5-3-4-9(16)6-10)11-13(19)12(8(2)18)15(21)22-14(11)20/h3-6,19,21H,1-2H3. The summed E-state index contributed by atoms with van der Waals surface area (Å²) < 4.78 is 4.58. The van der Waals surface area contributed by atoms with Crippen molar-refractivity contribution >= 4 is 28.8 Å². The zero-order valence-corrected chi connectivity index (χ0v) is 12.5. The molecule has 2 N–H and O–H groups in total. The first-order valence-electron chi connectivity index (χ1n) is 6.22. The molecule has 1 heterocycles. The van der Waals surface area contributed by atoms with Crippen LogP contribution in [0, 0.1) is 0 Å². The molecule has 0 radical (unpaired) electrons. The van der Waals surface area contributed by atoms with Crippen molar-refractivity contribution in [1.82, 2.24) is 0 Å². The topological polar surface area (TPSA) is 100 Å². The van der Waals surface area contributed by atoms with Crippen molar-refractivity contribution < 1.29 is 19.4 Å². The van der Waals surface area contributed by atoms with E-state index in [1.54, 1.807) is 24.3 Å². The van der Waals surface area contributed by atoms with E-state index in [0.717, 1.165) is 6.92 Å². The second kappa shape index (κ2) is 6.03. The van der Waals surface area contributed by atoms with Crippen LogP contribution in [0.2, 0.25) is 5.02 Å². The van der Waals surface area contributed by atoms with Crippen LogP contribution in [-0.4, -0.2) is 21.7 Å². The molecule has 0 atom stereocenters. The minimum absolute atomic E-state index is 0.121. The molecule has 0 unspecified atom stereocenters. The maximum atomic E-state index is 11.8. The van der Waals surface area contributed by atoms with Crippen molar-refractivity contribution in [3.05, 3.63) is 50.8 Å². The molecule has 0 fully saturated rings. The van der Waals surface area contributed by atoms with Gasteiger partial charge in [-0.1, -0.05) is 17.7 Å². The van der Waals surface area contributed by atoms with Gasteiger partial charge in [-0.3, -0.25) is 9.79 Å². The number of hydrogen-bond acceptors (Lipinski definition) is 6. The van der Waals surface area contributed by atoms with Gasteiger partial charge in [-0.15, -0.1) is 0 Å². The molecule has 0 aliphatic carbocycles. The first-order chi connectivity index (χ1) is 10.3. The van der Waals surface area contributed by atoms with E-state index in [1.807, 2.05) is 0 Å². The Bertz CT molecular complexity index is 838. The number of rotatable bonds is 3. The molecule has 0 bridgehead atoms. The molecule has 0 aliphatic rings. The number of halogens is 1. The fourth-order valence-electron chi connectivity index (χ4n) is 1.94. The van der Waals surface area contributed by atoms with Crippen LogP contribution in [-0.2, 0) is 0 Å². The lowest BCUT2D eigenvalue weighted by atomic mass is 10.1. The van der Waals surface area contributed by atoms with Gasteiger partial charge in [0.25, 0.3) is 5.95 Å². The second-order valence-corrected chi connectivity index (χ2v) is 4.96. The van der Waals surface area contributed by atoms with Crippen molar-refractivity contribution in [1.29, 1.82) is 0 Å². The van der Waals surface area contributed by atoms with E-state index in [4.69, 9.17) is 11.6 Å². The van der Waals surface area contributed by atoms with Gasteiger partial charge in [-0.25, -0.2) is 4.79 Å². The van der Waals surface area contributed by atoms with Gasteiger partial charge in [0.15, 0.2) is 5.78 Å². The Labute approximate surface area is 130 Å². The molecule has 1 aromatic carbocycles. The van der Waals surface area contributed by atoms with E-state index in [-0.39, 0.29) is 11.3 Å². The van der Waals surface area contributed by atoms with Gasteiger partial charge in [-0.2, -0.15) is 0 Å². The Balaban J connectivity index is 2.64. The number of hydrogen-bond donors (Lipinski definition) is 2. The van der Waals surface area contributed by atoms with Crippen molar-refractivity contribution in [3.8, 4) is 11.7 Å². The minimum atomic E-state index is -0.997. The Hall–Kier alpha value is -2.60. The molecular formula is C15H12ClNO5. The molecule has 1 aromatic heterocycles. The molecular weight excluding hydrogens is 310 g/mol. The van der Waals surface area contributed by atoms with Crippen LogP contribution >= 0.6 is 11.6 Å². The summed E-state index contributed by atoms with van der Waals surface area (Å²) in [6.45, 7) is 2.59. The zero-order valence-electron chi connectivity index (χ0n) is 11.8. The number of ketones is 1. The lowest BCUT2D eigenvalue weighted by Crippen LogP contribution is -2.15. The molecule has 22 heavy (non-hydrogen) atoms. The van der Waals surface area contributed by atoms with Gasteiger partial charge < -0.3 is 14.6 Å². The largest absolute Gasteiger partial charge is 0.506 e. The molecule has 2 aromatic rings. The first kappa shape index (κ1) is 15.8. The van der Waals surface area contributed by atoms with Crippen molar-refractivity contribution in [3.63, 3.8) is 0 Å². The summed E-state index contributed by atoms with van der Waals surface area (Å²) in [6.07, 6.45) is 0. The van der Waals surface area contributed by atoms with E-state index in [0.29, 0.717) is 10.7 Å². The number of Topliss-reactive ketones (excluding diaryl/α,β-unsaturated/α-hetero) is 1. The molecule has 6 nitrogen and oxygen atoms in total. The molecule has 0 amide bonds. The summed E-state index contributed by atoms with van der Waals surface area (Å²) in [5, 5.41) is 20.0. The highest BCUT2D eigenvalue weighted by Gasteiger charge is 2.23. The van der Waals surface area contributed by atoms with Gasteiger partial charge in [0.2, 0.25) is 0 Å². The van der Waals surface area contributed by atoms with Crippen LogP contribution in [0.15, 0.2) is 38.5 Å². The molecule has 0 saturated carbocycles. The quantitative estimate of drug-likeness (QED) is 0.668. The highest BCUT2D eigenvalue weighted by molar-refractivity contribution is 6.30. The van der Waals surface area contributed by atoms with Gasteiger partial charge in [0.1, 0.15) is 16.9 Å². The van der Waals surface area contributed by atoms with E-state index >= 15 is 0 Å². The summed E-state index contributed by atoms with van der Waals surface area (Å²) in [5.41, 5.74) is -1.17. The minimum Gasteiger partial charge on any atom is -0.506 e. The first-order valence-corrected chi connectivity index (χ1v) is 6.60. The predicted octanol–water partition coefficient (Wildman–Crippen LogP) is 3.05. The molecule has 0 saturated heterocycles. The summed E-state index contributed by atoms with van der Waals surface area (Å²) >= 11 is 5.85. The molecule has 2 rings (SSSR count). The maximum absolute atomic E-state index is 11.8. The SMILES string of the molecule is CC(=O)c1c(O)oc(=O)c(C(C)=Nc2cccc(Cl)c2)c1O. The number of aromatic hydroxyl groups is 2. The van der Waals surface area contributed by atoms with E-state index in [2.05, 4.69) is 9.41 Å². The monoisotopic (exact) mass is 321 g/mol. The van der Waals surface area contributed by atoms with Crippen LogP contribution in [0.3, 0.4) is 0 Å². The number of aliphatic imine (C=N–C) groups is 1. The van der Waals surface area contributed by atoms with E-state index in [9.17, 15) is 19.8 Å². The van der Waals surface area contributed by atoms with Crippen LogP contribution in [0.25, 0.3) is 0 Å². The highest BCUT2D eigenvalue weighted by Crippen LogP contribution is 2.29. The molecule has 7 heteroatoms. The normalized spacial score (nSPS) is 11.5. The van der Waals surface area contributed by atoms with Crippen LogP contribution < -0.4 is 5.63 Å². The summed E-state index contributed by atoms with van der Waals surface area (Å²) in [6, 6.07) is 6.56. The highest BCUT2D eigenvalue weighted by atomic mass is 35.5. The summed E-state index contributed by atoms with van der Waals surface area (Å²) in [4.78, 5) is 27.4. The molecule has 114 valence electrons. The Morgan fingerprint density at radius 1 is 1.23 bits per heavy atom. The van der Waals surface area contributed by atoms with E-state index in [1.165, 1.54) is 6.92 Å². The van der Waals surface area contributed by atoms with Crippen molar-refractivity contribution in [2.24, 2.45) is 4.99 Å². The smallest absolute Gasteiger partial charge is 0.351 e. The lowest BCUT2D eigenvalue weighted by Gasteiger charge is -2.07. The second-order valence-electron chi connectivity index (χ2n) is 4.53. The number of carbonyl (C=O) groups excluding carboxylic acids is 1. The van der Waals surface area contributed by atoms with Crippen LogP contribution in [0.1, 0.15) is 29.8 Å². The Morgan fingerprint density at radius 2 is 1.91 bits per heavy atom. The van der Waals surface area contributed by atoms with Crippen molar-refractivity contribution in [2.45, 2.75) is 13.8 Å². The van der Waals surface area contributed by atoms with Crippen LogP contribution in [0.4, 0.5) is 5.69 Å². The lowest BCUT2D eigenvalue weighted by molar-refractivity contribution is 0.100. The van der Waals surface area contributed by atoms with E-state index < -0.39 is 28.7 Å². The fraction of sp³-hybridized carbons (Fsp3) is 0.133. The fourth-order valence-corrected chi connectivity index (χ4v) is 2.13. The van der Waals surface area contributed by atoms with Gasteiger partial charge in [0, 0.05) is 5.02 Å². The number of benzene rings is 1. The van der Waals surface area contributed by atoms with Crippen molar-refractivity contribution in [2.75, 3.05) is 0 Å². The third-order valence-corrected chi connectivity index (χ3v) is 3.13. The maximum Gasteiger partial charge on any atom is 0.351 e. The third-order valence-electron chi connectivity index (χ3n) is 2.90. The zero-order chi connectivity index (χ0) is 16.4. The molecule has 0 aliphatic heterocycles. The third kappa shape index (κ3) is 3.01. The van der Waals surface area contributed by atoms with Gasteiger partial charge in [-0.05, 0) is 32.0 Å².